The zero-order valence-electron chi connectivity index (χ0n) is 8.72. The summed E-state index contributed by atoms with van der Waals surface area (Å²) in [5.74, 6) is 0.805. The molecule has 0 radical (unpaired) electrons. The van der Waals surface area contributed by atoms with Gasteiger partial charge >= 0.3 is 0 Å². The van der Waals surface area contributed by atoms with E-state index in [0.29, 0.717) is 11.0 Å². The first kappa shape index (κ1) is 11.7. The predicted molar refractivity (Wildman–Crippen MR) is 66.8 cm³/mol. The Labute approximate surface area is 106 Å². The van der Waals surface area contributed by atoms with Gasteiger partial charge in [0.05, 0.1) is 22.2 Å². The number of hydrogen-bond donors (Lipinski definition) is 1. The lowest BCUT2D eigenvalue weighted by Gasteiger charge is -2.04. The third-order valence-electron chi connectivity index (χ3n) is 2.19. The first-order valence-electron chi connectivity index (χ1n) is 4.87. The SMILES string of the molecule is O=[N+]([O-])c1ccc(NCc2ccco2)cc1Br. The van der Waals surface area contributed by atoms with Crippen LogP contribution in [0.2, 0.25) is 0 Å². The molecule has 5 nitrogen and oxygen atoms in total. The number of nitro benzene ring substituents is 1. The molecule has 88 valence electrons. The van der Waals surface area contributed by atoms with E-state index in [2.05, 4.69) is 21.2 Å². The van der Waals surface area contributed by atoms with Crippen LogP contribution in [0.4, 0.5) is 11.4 Å². The van der Waals surface area contributed by atoms with Gasteiger partial charge in [-0.3, -0.25) is 10.1 Å². The molecule has 0 bridgehead atoms. The van der Waals surface area contributed by atoms with Crippen LogP contribution in [0, 0.1) is 10.1 Å². The van der Waals surface area contributed by atoms with Crippen molar-refractivity contribution in [3.8, 4) is 0 Å². The summed E-state index contributed by atoms with van der Waals surface area (Å²) in [4.78, 5) is 10.2. The van der Waals surface area contributed by atoms with E-state index in [0.717, 1.165) is 11.4 Å². The average Bonchev–Trinajstić information content (AvgIpc) is 2.78. The third-order valence-corrected chi connectivity index (χ3v) is 2.83. The van der Waals surface area contributed by atoms with Crippen LogP contribution >= 0.6 is 15.9 Å². The van der Waals surface area contributed by atoms with Gasteiger partial charge in [-0.2, -0.15) is 0 Å². The minimum Gasteiger partial charge on any atom is -0.467 e. The Hall–Kier alpha value is -1.82. The molecule has 0 atom stereocenters. The molecule has 17 heavy (non-hydrogen) atoms. The normalized spacial score (nSPS) is 10.2. The van der Waals surface area contributed by atoms with E-state index in [9.17, 15) is 10.1 Å². The molecule has 1 heterocycles. The predicted octanol–water partition coefficient (Wildman–Crippen LogP) is 3.56. The minimum atomic E-state index is -0.430. The Morgan fingerprint density at radius 3 is 2.82 bits per heavy atom. The number of benzene rings is 1. The molecular weight excluding hydrogens is 288 g/mol. The fourth-order valence-corrected chi connectivity index (χ4v) is 1.89. The number of nitro groups is 1. The summed E-state index contributed by atoms with van der Waals surface area (Å²) >= 11 is 3.16. The quantitative estimate of drug-likeness (QED) is 0.692. The number of hydrogen-bond acceptors (Lipinski definition) is 4. The van der Waals surface area contributed by atoms with Crippen molar-refractivity contribution in [3.05, 3.63) is 56.9 Å². The molecule has 0 fully saturated rings. The molecule has 0 aliphatic carbocycles. The van der Waals surface area contributed by atoms with E-state index < -0.39 is 4.92 Å². The van der Waals surface area contributed by atoms with Gasteiger partial charge in [-0.25, -0.2) is 0 Å². The lowest BCUT2D eigenvalue weighted by atomic mass is 10.3. The number of anilines is 1. The van der Waals surface area contributed by atoms with Crippen molar-refractivity contribution in [2.24, 2.45) is 0 Å². The van der Waals surface area contributed by atoms with Gasteiger partial charge in [0.2, 0.25) is 0 Å². The zero-order chi connectivity index (χ0) is 12.3. The average molecular weight is 297 g/mol. The molecule has 0 aliphatic rings. The van der Waals surface area contributed by atoms with E-state index in [4.69, 9.17) is 4.42 Å². The van der Waals surface area contributed by atoms with Crippen LogP contribution in [0.25, 0.3) is 0 Å². The first-order chi connectivity index (χ1) is 8.16. The van der Waals surface area contributed by atoms with Crippen LogP contribution in [0.15, 0.2) is 45.5 Å². The number of furan rings is 1. The summed E-state index contributed by atoms with van der Waals surface area (Å²) in [7, 11) is 0. The second-order valence-electron chi connectivity index (χ2n) is 3.36. The number of rotatable bonds is 4. The molecule has 0 saturated heterocycles. The molecule has 1 aromatic carbocycles. The molecule has 0 amide bonds. The van der Waals surface area contributed by atoms with Gasteiger partial charge in [-0.15, -0.1) is 0 Å². The highest BCUT2D eigenvalue weighted by Gasteiger charge is 2.11. The Kier molecular flexibility index (Phi) is 3.43. The summed E-state index contributed by atoms with van der Waals surface area (Å²) in [5, 5.41) is 13.7. The van der Waals surface area contributed by atoms with Crippen molar-refractivity contribution in [1.82, 2.24) is 0 Å². The van der Waals surface area contributed by atoms with Crippen LogP contribution in [-0.4, -0.2) is 4.92 Å². The second kappa shape index (κ2) is 5.01. The number of nitrogens with one attached hydrogen (secondary N) is 1. The van der Waals surface area contributed by atoms with Crippen molar-refractivity contribution in [2.45, 2.75) is 6.54 Å². The minimum absolute atomic E-state index is 0.0496. The molecule has 0 aliphatic heterocycles. The maximum atomic E-state index is 10.6. The summed E-state index contributed by atoms with van der Waals surface area (Å²) in [6, 6.07) is 8.44. The number of nitrogens with zero attached hydrogens (tertiary/aromatic N) is 1. The zero-order valence-corrected chi connectivity index (χ0v) is 10.3. The maximum absolute atomic E-state index is 10.6. The van der Waals surface area contributed by atoms with Crippen molar-refractivity contribution in [3.63, 3.8) is 0 Å². The lowest BCUT2D eigenvalue weighted by Crippen LogP contribution is -1.98. The fourth-order valence-electron chi connectivity index (χ4n) is 1.37. The Morgan fingerprint density at radius 1 is 1.41 bits per heavy atom. The van der Waals surface area contributed by atoms with Crippen LogP contribution in [0.5, 0.6) is 0 Å². The van der Waals surface area contributed by atoms with Crippen molar-refractivity contribution >= 4 is 27.3 Å². The fraction of sp³-hybridized carbons (Fsp3) is 0.0909. The summed E-state index contributed by atoms with van der Waals surface area (Å²) in [5.41, 5.74) is 0.840. The monoisotopic (exact) mass is 296 g/mol. The van der Waals surface area contributed by atoms with Gasteiger partial charge in [-0.05, 0) is 40.2 Å². The van der Waals surface area contributed by atoms with Gasteiger partial charge in [0, 0.05) is 11.8 Å². The molecule has 2 rings (SSSR count). The maximum Gasteiger partial charge on any atom is 0.283 e. The second-order valence-corrected chi connectivity index (χ2v) is 4.21. The van der Waals surface area contributed by atoms with Gasteiger partial charge < -0.3 is 9.73 Å². The third kappa shape index (κ3) is 2.85. The summed E-state index contributed by atoms with van der Waals surface area (Å²) < 4.78 is 5.62. The van der Waals surface area contributed by atoms with Crippen LogP contribution in [-0.2, 0) is 6.54 Å². The Morgan fingerprint density at radius 2 is 2.24 bits per heavy atom. The van der Waals surface area contributed by atoms with E-state index in [-0.39, 0.29) is 5.69 Å². The Balaban J connectivity index is 2.07. The molecule has 1 aromatic heterocycles. The van der Waals surface area contributed by atoms with Crippen molar-refractivity contribution < 1.29 is 9.34 Å². The first-order valence-corrected chi connectivity index (χ1v) is 5.66. The summed E-state index contributed by atoms with van der Waals surface area (Å²) in [6.07, 6.45) is 1.60. The lowest BCUT2D eigenvalue weighted by molar-refractivity contribution is -0.385. The smallest absolute Gasteiger partial charge is 0.283 e. The molecule has 6 heteroatoms. The Bertz CT molecular complexity index is 526. The molecule has 1 N–H and O–H groups in total. The van der Waals surface area contributed by atoms with Crippen LogP contribution < -0.4 is 5.32 Å². The van der Waals surface area contributed by atoms with E-state index in [1.807, 2.05) is 12.1 Å². The van der Waals surface area contributed by atoms with E-state index in [1.54, 1.807) is 18.4 Å². The van der Waals surface area contributed by atoms with Gasteiger partial charge in [-0.1, -0.05) is 0 Å². The van der Waals surface area contributed by atoms with E-state index in [1.165, 1.54) is 6.07 Å². The van der Waals surface area contributed by atoms with E-state index >= 15 is 0 Å². The number of halogens is 1. The largest absolute Gasteiger partial charge is 0.467 e. The van der Waals surface area contributed by atoms with Crippen molar-refractivity contribution in [1.29, 1.82) is 0 Å². The molecule has 0 spiro atoms. The van der Waals surface area contributed by atoms with Crippen molar-refractivity contribution in [2.75, 3.05) is 5.32 Å². The van der Waals surface area contributed by atoms with Gasteiger partial charge in [0.15, 0.2) is 0 Å². The standard InChI is InChI=1S/C11H9BrN2O3/c12-10-6-8(3-4-11(10)14(15)16)13-7-9-2-1-5-17-9/h1-6,13H,7H2. The van der Waals surface area contributed by atoms with Crippen LogP contribution in [0.1, 0.15) is 5.76 Å². The molecule has 0 unspecified atom stereocenters. The highest BCUT2D eigenvalue weighted by Crippen LogP contribution is 2.27. The molecular formula is C11H9BrN2O3. The van der Waals surface area contributed by atoms with Gasteiger partial charge in [0.25, 0.3) is 5.69 Å². The highest BCUT2D eigenvalue weighted by molar-refractivity contribution is 9.10. The molecule has 2 aromatic rings. The highest BCUT2D eigenvalue weighted by atomic mass is 79.9. The summed E-state index contributed by atoms with van der Waals surface area (Å²) in [6.45, 7) is 0.539. The topological polar surface area (TPSA) is 68.3 Å². The van der Waals surface area contributed by atoms with Crippen LogP contribution in [0.3, 0.4) is 0 Å². The van der Waals surface area contributed by atoms with Gasteiger partial charge in [0.1, 0.15) is 5.76 Å². The molecule has 0 saturated carbocycles.